The molecule has 0 unspecified atom stereocenters. The number of furan rings is 1. The molecule has 0 aliphatic heterocycles. The molecule has 4 aromatic rings. The fourth-order valence-electron chi connectivity index (χ4n) is 3.54. The Balaban J connectivity index is 1.50. The summed E-state index contributed by atoms with van der Waals surface area (Å²) >= 11 is 3.52. The van der Waals surface area contributed by atoms with E-state index in [-0.39, 0.29) is 5.76 Å². The van der Waals surface area contributed by atoms with Crippen molar-refractivity contribution in [3.8, 4) is 11.4 Å². The van der Waals surface area contributed by atoms with E-state index < -0.39 is 5.91 Å². The fourth-order valence-corrected chi connectivity index (χ4v) is 3.92. The number of carbonyl (C=O) groups is 1. The monoisotopic (exact) mass is 479 g/mol. The lowest BCUT2D eigenvalue weighted by atomic mass is 10.2. The van der Waals surface area contributed by atoms with Crippen LogP contribution >= 0.6 is 15.9 Å². The number of hydrogen-bond acceptors (Lipinski definition) is 4. The molecule has 1 N–H and O–H groups in total. The van der Waals surface area contributed by atoms with Crippen LogP contribution in [0, 0.1) is 13.8 Å². The maximum Gasteiger partial charge on any atom is 0.307 e. The molecule has 2 aromatic heterocycles. The summed E-state index contributed by atoms with van der Waals surface area (Å²) in [5.74, 6) is 0.521. The topological polar surface area (TPSA) is 68.8 Å². The Kier molecular flexibility index (Phi) is 5.95. The molecule has 7 heteroatoms. The smallest absolute Gasteiger partial charge is 0.307 e. The molecule has 2 aromatic carbocycles. The molecule has 4 rings (SSSR count). The van der Waals surface area contributed by atoms with Crippen molar-refractivity contribution < 1.29 is 13.9 Å². The Morgan fingerprint density at radius 2 is 2.03 bits per heavy atom. The molecular weight excluding hydrogens is 458 g/mol. The molecule has 0 aliphatic carbocycles. The maximum atomic E-state index is 12.5. The Morgan fingerprint density at radius 1 is 1.19 bits per heavy atom. The summed E-state index contributed by atoms with van der Waals surface area (Å²) < 4.78 is 14.3. The van der Waals surface area contributed by atoms with Crippen LogP contribution in [0.5, 0.6) is 5.75 Å². The molecule has 0 atom stereocenters. The second-order valence-electron chi connectivity index (χ2n) is 7.08. The zero-order valence-corrected chi connectivity index (χ0v) is 19.1. The molecule has 31 heavy (non-hydrogen) atoms. The summed E-state index contributed by atoms with van der Waals surface area (Å²) in [6.07, 6.45) is 1.64. The number of amides is 1. The van der Waals surface area contributed by atoms with E-state index in [1.807, 2.05) is 57.2 Å². The van der Waals surface area contributed by atoms with Crippen LogP contribution < -0.4 is 10.2 Å². The van der Waals surface area contributed by atoms with Gasteiger partial charge in [-0.2, -0.15) is 5.10 Å². The van der Waals surface area contributed by atoms with Crippen LogP contribution in [0.1, 0.15) is 34.4 Å². The van der Waals surface area contributed by atoms with Gasteiger partial charge in [-0.3, -0.25) is 4.79 Å². The minimum Gasteiger partial charge on any atom is -0.494 e. The van der Waals surface area contributed by atoms with Gasteiger partial charge in [0, 0.05) is 32.5 Å². The third-order valence-corrected chi connectivity index (χ3v) is 5.42. The van der Waals surface area contributed by atoms with Gasteiger partial charge in [-0.1, -0.05) is 22.0 Å². The second kappa shape index (κ2) is 8.81. The van der Waals surface area contributed by atoms with Crippen molar-refractivity contribution in [2.75, 3.05) is 6.61 Å². The number of aromatic nitrogens is 1. The van der Waals surface area contributed by atoms with Crippen molar-refractivity contribution >= 4 is 39.0 Å². The molecule has 2 heterocycles. The fraction of sp³-hybridized carbons (Fsp3) is 0.167. The average molecular weight is 480 g/mol. The van der Waals surface area contributed by atoms with E-state index in [1.54, 1.807) is 18.3 Å². The number of hydrazone groups is 1. The summed E-state index contributed by atoms with van der Waals surface area (Å²) in [6, 6.07) is 17.3. The summed E-state index contributed by atoms with van der Waals surface area (Å²) in [7, 11) is 0. The van der Waals surface area contributed by atoms with Crippen molar-refractivity contribution in [2.45, 2.75) is 20.8 Å². The van der Waals surface area contributed by atoms with Gasteiger partial charge >= 0.3 is 5.91 Å². The number of carbonyl (C=O) groups excluding carboxylic acids is 1. The maximum absolute atomic E-state index is 12.5. The van der Waals surface area contributed by atoms with Gasteiger partial charge < -0.3 is 13.7 Å². The van der Waals surface area contributed by atoms with Crippen LogP contribution in [0.2, 0.25) is 0 Å². The molecule has 1 amide bonds. The molecule has 0 bridgehead atoms. The quantitative estimate of drug-likeness (QED) is 0.282. The predicted octanol–water partition coefficient (Wildman–Crippen LogP) is 5.77. The molecule has 0 aliphatic rings. The molecule has 158 valence electrons. The van der Waals surface area contributed by atoms with E-state index in [0.717, 1.165) is 38.2 Å². The summed E-state index contributed by atoms with van der Waals surface area (Å²) in [5, 5.41) is 4.93. The third-order valence-electron chi connectivity index (χ3n) is 4.93. The van der Waals surface area contributed by atoms with Crippen molar-refractivity contribution in [1.82, 2.24) is 9.99 Å². The lowest BCUT2D eigenvalue weighted by Gasteiger charge is -2.09. The van der Waals surface area contributed by atoms with E-state index in [4.69, 9.17) is 9.15 Å². The molecule has 0 spiro atoms. The highest BCUT2D eigenvalue weighted by Crippen LogP contribution is 2.25. The third kappa shape index (κ3) is 4.41. The molecule has 6 nitrogen and oxygen atoms in total. The number of benzene rings is 2. The minimum absolute atomic E-state index is 0.195. The zero-order valence-electron chi connectivity index (χ0n) is 17.5. The number of nitrogens with one attached hydrogen (secondary N) is 1. The Morgan fingerprint density at radius 3 is 2.81 bits per heavy atom. The first-order chi connectivity index (χ1) is 15.0. The van der Waals surface area contributed by atoms with Crippen LogP contribution in [0.3, 0.4) is 0 Å². The number of rotatable bonds is 6. The Hall–Kier alpha value is -3.32. The van der Waals surface area contributed by atoms with E-state index in [0.29, 0.717) is 12.2 Å². The van der Waals surface area contributed by atoms with Gasteiger partial charge in [0.2, 0.25) is 0 Å². The molecule has 0 saturated carbocycles. The van der Waals surface area contributed by atoms with Gasteiger partial charge in [-0.05, 0) is 69.3 Å². The lowest BCUT2D eigenvalue weighted by Crippen LogP contribution is -2.16. The van der Waals surface area contributed by atoms with E-state index in [9.17, 15) is 4.79 Å². The summed E-state index contributed by atoms with van der Waals surface area (Å²) in [4.78, 5) is 12.5. The summed E-state index contributed by atoms with van der Waals surface area (Å²) in [5.41, 5.74) is 7.24. The van der Waals surface area contributed by atoms with Crippen molar-refractivity contribution in [3.05, 3.63) is 81.8 Å². The SMILES string of the molecule is CCOc1ccc2oc(C(=O)N/N=C/c3cc(C)n(-c4cccc(Br)c4)c3C)cc2c1. The highest BCUT2D eigenvalue weighted by Gasteiger charge is 2.13. The number of aryl methyl sites for hydroxylation is 1. The van der Waals surface area contributed by atoms with E-state index >= 15 is 0 Å². The largest absolute Gasteiger partial charge is 0.494 e. The molecular formula is C24H22BrN3O3. The van der Waals surface area contributed by atoms with Gasteiger partial charge in [0.15, 0.2) is 5.76 Å². The number of hydrogen-bond donors (Lipinski definition) is 1. The molecule has 0 fully saturated rings. The first-order valence-electron chi connectivity index (χ1n) is 9.91. The normalized spacial score (nSPS) is 11.4. The standard InChI is InChI=1S/C24H22BrN3O3/c1-4-30-21-8-9-22-17(11-21)12-23(31-22)24(29)27-26-14-18-10-15(2)28(16(18)3)20-7-5-6-19(25)13-20/h5-14H,4H2,1-3H3,(H,27,29)/b26-14+. The van der Waals surface area contributed by atoms with Gasteiger partial charge in [0.1, 0.15) is 11.3 Å². The molecule has 0 radical (unpaired) electrons. The number of halogens is 1. The van der Waals surface area contributed by atoms with Crippen molar-refractivity contribution in [2.24, 2.45) is 5.10 Å². The van der Waals surface area contributed by atoms with Crippen LogP contribution in [0.15, 0.2) is 68.6 Å². The number of ether oxygens (including phenoxy) is 1. The van der Waals surface area contributed by atoms with Crippen LogP contribution in [-0.2, 0) is 0 Å². The highest BCUT2D eigenvalue weighted by molar-refractivity contribution is 9.10. The Labute approximate surface area is 188 Å². The Bertz CT molecular complexity index is 1290. The first kappa shape index (κ1) is 20.9. The zero-order chi connectivity index (χ0) is 22.0. The van der Waals surface area contributed by atoms with Gasteiger partial charge in [-0.25, -0.2) is 5.43 Å². The van der Waals surface area contributed by atoms with E-state index in [2.05, 4.69) is 37.1 Å². The number of fused-ring (bicyclic) bond motifs is 1. The van der Waals surface area contributed by atoms with Crippen molar-refractivity contribution in [1.29, 1.82) is 0 Å². The number of nitrogens with zero attached hydrogens (tertiary/aromatic N) is 2. The molecule has 0 saturated heterocycles. The van der Waals surface area contributed by atoms with Crippen LogP contribution in [-0.4, -0.2) is 23.3 Å². The lowest BCUT2D eigenvalue weighted by molar-refractivity contribution is 0.0929. The predicted molar refractivity (Wildman–Crippen MR) is 125 cm³/mol. The van der Waals surface area contributed by atoms with Crippen LogP contribution in [0.4, 0.5) is 0 Å². The average Bonchev–Trinajstić information content (AvgIpc) is 3.28. The van der Waals surface area contributed by atoms with Crippen molar-refractivity contribution in [3.63, 3.8) is 0 Å². The van der Waals surface area contributed by atoms with Gasteiger partial charge in [-0.15, -0.1) is 0 Å². The van der Waals surface area contributed by atoms with E-state index in [1.165, 1.54) is 0 Å². The van der Waals surface area contributed by atoms with Gasteiger partial charge in [0.05, 0.1) is 12.8 Å². The van der Waals surface area contributed by atoms with Crippen LogP contribution in [0.25, 0.3) is 16.7 Å². The summed E-state index contributed by atoms with van der Waals surface area (Å²) in [6.45, 7) is 6.56. The highest BCUT2D eigenvalue weighted by atomic mass is 79.9. The minimum atomic E-state index is -0.411. The second-order valence-corrected chi connectivity index (χ2v) is 8.00. The first-order valence-corrected chi connectivity index (χ1v) is 10.7. The van der Waals surface area contributed by atoms with Gasteiger partial charge in [0.25, 0.3) is 0 Å².